The Morgan fingerprint density at radius 1 is 1.33 bits per heavy atom. The van der Waals surface area contributed by atoms with Gasteiger partial charge in [-0.2, -0.15) is 13.2 Å². The predicted molar refractivity (Wildman–Crippen MR) is 59.1 cm³/mol. The lowest BCUT2D eigenvalue weighted by molar-refractivity contribution is -0.140. The van der Waals surface area contributed by atoms with Crippen LogP contribution in [0.1, 0.15) is 17.5 Å². The van der Waals surface area contributed by atoms with Gasteiger partial charge in [-0.1, -0.05) is 29.4 Å². The van der Waals surface area contributed by atoms with E-state index in [1.54, 1.807) is 0 Å². The van der Waals surface area contributed by atoms with Crippen LogP contribution in [0.4, 0.5) is 17.6 Å². The molecule has 0 atom stereocenters. The monoisotopic (exact) mass is 259 g/mol. The number of hydrogen-bond acceptors (Lipinski definition) is 1. The fraction of sp³-hybridized carbons (Fsp3) is 0.273. The molecule has 0 aromatic heterocycles. The number of nitrogens with zero attached hydrogens (tertiary/aromatic N) is 3. The van der Waals surface area contributed by atoms with Gasteiger partial charge in [-0.3, -0.25) is 0 Å². The van der Waals surface area contributed by atoms with E-state index in [0.29, 0.717) is 12.5 Å². The summed E-state index contributed by atoms with van der Waals surface area (Å²) in [6, 6.07) is 3.07. The van der Waals surface area contributed by atoms with Gasteiger partial charge in [-0.05, 0) is 18.0 Å². The van der Waals surface area contributed by atoms with Gasteiger partial charge in [0.05, 0.1) is 5.56 Å². The zero-order chi connectivity index (χ0) is 13.6. The van der Waals surface area contributed by atoms with Gasteiger partial charge in [0.15, 0.2) is 0 Å². The average Bonchev–Trinajstić information content (AvgIpc) is 2.29. The zero-order valence-corrected chi connectivity index (χ0v) is 9.15. The molecular weight excluding hydrogens is 250 g/mol. The minimum Gasteiger partial charge on any atom is -0.206 e. The van der Waals surface area contributed by atoms with Crippen LogP contribution in [0.5, 0.6) is 0 Å². The molecule has 1 rings (SSSR count). The molecule has 0 unspecified atom stereocenters. The van der Waals surface area contributed by atoms with Gasteiger partial charge in [-0.15, -0.1) is 0 Å². The summed E-state index contributed by atoms with van der Waals surface area (Å²) < 4.78 is 50.7. The Labute approximate surface area is 100 Å². The van der Waals surface area contributed by atoms with E-state index in [1.165, 1.54) is 18.2 Å². The summed E-state index contributed by atoms with van der Waals surface area (Å²) in [6.45, 7) is 0.174. The van der Waals surface area contributed by atoms with Gasteiger partial charge >= 0.3 is 6.18 Å². The van der Waals surface area contributed by atoms with Crippen LogP contribution in [0.3, 0.4) is 0 Å². The number of rotatable bonds is 4. The van der Waals surface area contributed by atoms with Crippen LogP contribution in [-0.2, 0) is 6.18 Å². The summed E-state index contributed by atoms with van der Waals surface area (Å²) in [5, 5.41) is 3.24. The summed E-state index contributed by atoms with van der Waals surface area (Å²) in [7, 11) is 0. The van der Waals surface area contributed by atoms with E-state index in [2.05, 4.69) is 10.0 Å². The normalized spacial score (nSPS) is 11.6. The van der Waals surface area contributed by atoms with E-state index in [-0.39, 0.29) is 12.1 Å². The van der Waals surface area contributed by atoms with Crippen molar-refractivity contribution in [2.45, 2.75) is 12.6 Å². The molecule has 96 valence electrons. The van der Waals surface area contributed by atoms with Crippen molar-refractivity contribution in [1.29, 1.82) is 0 Å². The van der Waals surface area contributed by atoms with Crippen molar-refractivity contribution in [1.82, 2.24) is 0 Å². The highest BCUT2D eigenvalue weighted by Crippen LogP contribution is 2.32. The average molecular weight is 259 g/mol. The van der Waals surface area contributed by atoms with E-state index in [1.807, 2.05) is 0 Å². The van der Waals surface area contributed by atoms with Crippen molar-refractivity contribution in [3.63, 3.8) is 0 Å². The summed E-state index contributed by atoms with van der Waals surface area (Å²) in [5.74, 6) is -1.30. The molecular formula is C11H9F4N3. The Kier molecular flexibility index (Phi) is 4.74. The number of azide groups is 1. The van der Waals surface area contributed by atoms with E-state index < -0.39 is 17.6 Å². The molecule has 0 aliphatic heterocycles. The van der Waals surface area contributed by atoms with E-state index in [0.717, 1.165) is 6.07 Å². The van der Waals surface area contributed by atoms with E-state index in [4.69, 9.17) is 5.53 Å². The van der Waals surface area contributed by atoms with Crippen LogP contribution in [-0.4, -0.2) is 6.54 Å². The lowest BCUT2D eigenvalue weighted by Gasteiger charge is -2.09. The quantitative estimate of drug-likeness (QED) is 0.250. The van der Waals surface area contributed by atoms with Gasteiger partial charge in [0, 0.05) is 17.0 Å². The molecule has 0 spiro atoms. The minimum atomic E-state index is -4.71. The Morgan fingerprint density at radius 2 is 2.06 bits per heavy atom. The first-order valence-corrected chi connectivity index (χ1v) is 5.00. The smallest absolute Gasteiger partial charge is 0.206 e. The third-order valence-electron chi connectivity index (χ3n) is 2.09. The number of hydrogen-bond donors (Lipinski definition) is 0. The third kappa shape index (κ3) is 3.78. The lowest BCUT2D eigenvalue weighted by Crippen LogP contribution is -2.08. The maximum Gasteiger partial charge on any atom is 0.419 e. The Bertz CT molecular complexity index is 488. The molecule has 0 aliphatic carbocycles. The molecule has 7 heteroatoms. The fourth-order valence-electron chi connectivity index (χ4n) is 1.28. The maximum atomic E-state index is 13.5. The molecule has 0 N–H and O–H groups in total. The summed E-state index contributed by atoms with van der Waals surface area (Å²) >= 11 is 0. The van der Waals surface area contributed by atoms with E-state index >= 15 is 0 Å². The van der Waals surface area contributed by atoms with Gasteiger partial charge in [0.1, 0.15) is 5.82 Å². The van der Waals surface area contributed by atoms with Crippen molar-refractivity contribution in [2.75, 3.05) is 6.54 Å². The van der Waals surface area contributed by atoms with Crippen LogP contribution in [0.25, 0.3) is 16.5 Å². The maximum absolute atomic E-state index is 13.5. The molecule has 0 saturated heterocycles. The van der Waals surface area contributed by atoms with E-state index in [9.17, 15) is 17.6 Å². The highest BCUT2D eigenvalue weighted by atomic mass is 19.4. The second kappa shape index (κ2) is 6.07. The van der Waals surface area contributed by atoms with Crippen LogP contribution >= 0.6 is 0 Å². The molecule has 0 fully saturated rings. The standard InChI is InChI=1S/C11H9F4N3/c12-10-8(4-1-2-7-17-18-16)5-3-6-9(10)11(13,14)15/h1,3-6H,2,7H2. The summed E-state index contributed by atoms with van der Waals surface area (Å²) in [6.07, 6.45) is -1.69. The van der Waals surface area contributed by atoms with Crippen molar-refractivity contribution < 1.29 is 17.6 Å². The molecule has 0 amide bonds. The highest BCUT2D eigenvalue weighted by Gasteiger charge is 2.34. The molecule has 1 aromatic rings. The number of halogens is 4. The first-order valence-electron chi connectivity index (χ1n) is 5.00. The lowest BCUT2D eigenvalue weighted by atomic mass is 10.1. The van der Waals surface area contributed by atoms with Crippen molar-refractivity contribution in [3.8, 4) is 0 Å². The molecule has 18 heavy (non-hydrogen) atoms. The first-order chi connectivity index (χ1) is 8.46. The summed E-state index contributed by atoms with van der Waals surface area (Å²) in [5.41, 5.74) is 6.56. The molecule has 0 heterocycles. The fourth-order valence-corrected chi connectivity index (χ4v) is 1.28. The summed E-state index contributed by atoms with van der Waals surface area (Å²) in [4.78, 5) is 2.51. The van der Waals surface area contributed by atoms with Gasteiger partial charge in [-0.25, -0.2) is 4.39 Å². The van der Waals surface area contributed by atoms with Gasteiger partial charge < -0.3 is 0 Å². The van der Waals surface area contributed by atoms with Crippen molar-refractivity contribution in [2.24, 2.45) is 5.11 Å². The van der Waals surface area contributed by atoms with Crippen LogP contribution < -0.4 is 0 Å². The van der Waals surface area contributed by atoms with Crippen molar-refractivity contribution >= 4 is 6.08 Å². The third-order valence-corrected chi connectivity index (χ3v) is 2.09. The minimum absolute atomic E-state index is 0.147. The second-order valence-electron chi connectivity index (χ2n) is 3.35. The van der Waals surface area contributed by atoms with Gasteiger partial charge in [0.2, 0.25) is 0 Å². The molecule has 0 bridgehead atoms. The molecule has 0 saturated carbocycles. The number of benzene rings is 1. The van der Waals surface area contributed by atoms with Crippen LogP contribution in [0, 0.1) is 5.82 Å². The highest BCUT2D eigenvalue weighted by molar-refractivity contribution is 5.51. The van der Waals surface area contributed by atoms with Crippen molar-refractivity contribution in [3.05, 3.63) is 51.7 Å². The Balaban J connectivity index is 2.88. The van der Waals surface area contributed by atoms with Crippen LogP contribution in [0.15, 0.2) is 29.4 Å². The molecule has 1 aromatic carbocycles. The zero-order valence-electron chi connectivity index (χ0n) is 9.15. The van der Waals surface area contributed by atoms with Gasteiger partial charge in [0.25, 0.3) is 0 Å². The largest absolute Gasteiger partial charge is 0.419 e. The SMILES string of the molecule is [N-]=[N+]=NCCC=Cc1cccc(C(F)(F)F)c1F. The molecule has 0 radical (unpaired) electrons. The van der Waals surface area contributed by atoms with Crippen LogP contribution in [0.2, 0.25) is 0 Å². The molecule has 3 nitrogen and oxygen atoms in total. The number of alkyl halides is 3. The predicted octanol–water partition coefficient (Wildman–Crippen LogP) is 4.56. The Morgan fingerprint density at radius 3 is 2.67 bits per heavy atom. The first kappa shape index (κ1) is 14.1. The topological polar surface area (TPSA) is 48.8 Å². The second-order valence-corrected chi connectivity index (χ2v) is 3.35. The Hall–Kier alpha value is -2.01. The molecule has 0 aliphatic rings.